The summed E-state index contributed by atoms with van der Waals surface area (Å²) in [6.07, 6.45) is 0. The first-order valence-corrected chi connectivity index (χ1v) is 6.69. The van der Waals surface area contributed by atoms with E-state index in [2.05, 4.69) is 15.6 Å². The number of nitro benzene ring substituents is 1. The van der Waals surface area contributed by atoms with E-state index in [4.69, 9.17) is 4.42 Å². The highest BCUT2D eigenvalue weighted by Gasteiger charge is 2.11. The van der Waals surface area contributed by atoms with E-state index >= 15 is 0 Å². The van der Waals surface area contributed by atoms with Crippen LogP contribution in [0.2, 0.25) is 0 Å². The molecule has 0 aliphatic heterocycles. The van der Waals surface area contributed by atoms with Gasteiger partial charge in [0.25, 0.3) is 5.69 Å². The SMILES string of the molecule is CCNc1cc(NCc2nc(C)c(C)o2)cc([N+](=O)[O-])c1. The van der Waals surface area contributed by atoms with Crippen molar-refractivity contribution >= 4 is 17.1 Å². The molecule has 7 heteroatoms. The number of hydrogen-bond donors (Lipinski definition) is 2. The standard InChI is InChI=1S/C14H18N4O3/c1-4-15-11-5-12(7-13(6-11)18(19)20)16-8-14-17-9(2)10(3)21-14/h5-7,15-16H,4,8H2,1-3H3. The highest BCUT2D eigenvalue weighted by Crippen LogP contribution is 2.24. The van der Waals surface area contributed by atoms with Crippen LogP contribution in [0, 0.1) is 24.0 Å². The molecule has 0 atom stereocenters. The smallest absolute Gasteiger partial charge is 0.273 e. The molecule has 0 fully saturated rings. The summed E-state index contributed by atoms with van der Waals surface area (Å²) in [4.78, 5) is 14.8. The van der Waals surface area contributed by atoms with Crippen LogP contribution in [0.4, 0.5) is 17.1 Å². The number of rotatable bonds is 6. The van der Waals surface area contributed by atoms with Gasteiger partial charge in [0, 0.05) is 30.1 Å². The molecule has 2 aromatic rings. The largest absolute Gasteiger partial charge is 0.444 e. The van der Waals surface area contributed by atoms with E-state index in [0.717, 1.165) is 11.5 Å². The normalized spacial score (nSPS) is 10.4. The molecule has 1 aromatic heterocycles. The number of aromatic nitrogens is 1. The quantitative estimate of drug-likeness (QED) is 0.626. The van der Waals surface area contributed by atoms with E-state index in [1.54, 1.807) is 0 Å². The molecule has 0 saturated heterocycles. The number of aryl methyl sites for hydroxylation is 2. The number of oxazole rings is 1. The number of nitro groups is 1. The zero-order valence-corrected chi connectivity index (χ0v) is 12.3. The lowest BCUT2D eigenvalue weighted by atomic mass is 10.2. The van der Waals surface area contributed by atoms with Gasteiger partial charge in [-0.3, -0.25) is 10.1 Å². The van der Waals surface area contributed by atoms with E-state index in [-0.39, 0.29) is 5.69 Å². The maximum Gasteiger partial charge on any atom is 0.273 e. The van der Waals surface area contributed by atoms with Crippen molar-refractivity contribution in [2.24, 2.45) is 0 Å². The molecular formula is C14H18N4O3. The van der Waals surface area contributed by atoms with Crippen molar-refractivity contribution in [3.05, 3.63) is 45.7 Å². The molecule has 1 heterocycles. The fourth-order valence-electron chi connectivity index (χ4n) is 1.92. The number of anilines is 2. The molecule has 0 bridgehead atoms. The summed E-state index contributed by atoms with van der Waals surface area (Å²) in [6.45, 7) is 6.73. The van der Waals surface area contributed by atoms with E-state index in [1.165, 1.54) is 12.1 Å². The van der Waals surface area contributed by atoms with E-state index < -0.39 is 4.92 Å². The van der Waals surface area contributed by atoms with Gasteiger partial charge in [0.15, 0.2) is 0 Å². The van der Waals surface area contributed by atoms with Crippen molar-refractivity contribution in [3.63, 3.8) is 0 Å². The van der Waals surface area contributed by atoms with Gasteiger partial charge in [-0.25, -0.2) is 4.98 Å². The highest BCUT2D eigenvalue weighted by molar-refractivity contribution is 5.63. The third-order valence-electron chi connectivity index (χ3n) is 3.03. The lowest BCUT2D eigenvalue weighted by molar-refractivity contribution is -0.384. The molecule has 21 heavy (non-hydrogen) atoms. The molecule has 112 valence electrons. The number of benzene rings is 1. The molecule has 0 amide bonds. The monoisotopic (exact) mass is 290 g/mol. The van der Waals surface area contributed by atoms with Gasteiger partial charge >= 0.3 is 0 Å². The Hall–Kier alpha value is -2.57. The number of nitrogens with one attached hydrogen (secondary N) is 2. The predicted molar refractivity (Wildman–Crippen MR) is 80.6 cm³/mol. The summed E-state index contributed by atoms with van der Waals surface area (Å²) >= 11 is 0. The summed E-state index contributed by atoms with van der Waals surface area (Å²) in [6, 6.07) is 4.82. The third-order valence-corrected chi connectivity index (χ3v) is 3.03. The van der Waals surface area contributed by atoms with Gasteiger partial charge in [-0.1, -0.05) is 0 Å². The minimum Gasteiger partial charge on any atom is -0.444 e. The number of hydrogen-bond acceptors (Lipinski definition) is 6. The average molecular weight is 290 g/mol. The van der Waals surface area contributed by atoms with Crippen molar-refractivity contribution in [1.29, 1.82) is 0 Å². The second-order valence-electron chi connectivity index (χ2n) is 4.66. The fourth-order valence-corrected chi connectivity index (χ4v) is 1.92. The Morgan fingerprint density at radius 2 is 1.90 bits per heavy atom. The van der Waals surface area contributed by atoms with E-state index in [0.29, 0.717) is 30.4 Å². The van der Waals surface area contributed by atoms with Gasteiger partial charge in [0.1, 0.15) is 5.76 Å². The molecular weight excluding hydrogens is 272 g/mol. The zero-order chi connectivity index (χ0) is 15.4. The van der Waals surface area contributed by atoms with Crippen LogP contribution in [-0.4, -0.2) is 16.5 Å². The summed E-state index contributed by atoms with van der Waals surface area (Å²) in [7, 11) is 0. The van der Waals surface area contributed by atoms with Crippen molar-refractivity contribution in [1.82, 2.24) is 4.98 Å². The van der Waals surface area contributed by atoms with Crippen LogP contribution in [0.15, 0.2) is 22.6 Å². The summed E-state index contributed by atoms with van der Waals surface area (Å²) in [5.74, 6) is 1.33. The number of nitrogens with zero attached hydrogens (tertiary/aromatic N) is 2. The van der Waals surface area contributed by atoms with Gasteiger partial charge in [0.2, 0.25) is 5.89 Å². The lowest BCUT2D eigenvalue weighted by Gasteiger charge is -2.08. The van der Waals surface area contributed by atoms with Crippen LogP contribution >= 0.6 is 0 Å². The first-order valence-electron chi connectivity index (χ1n) is 6.69. The molecule has 2 rings (SSSR count). The molecule has 2 N–H and O–H groups in total. The first kappa shape index (κ1) is 14.8. The highest BCUT2D eigenvalue weighted by atomic mass is 16.6. The van der Waals surface area contributed by atoms with Gasteiger partial charge in [0.05, 0.1) is 17.2 Å². The van der Waals surface area contributed by atoms with Gasteiger partial charge in [-0.05, 0) is 26.8 Å². The molecule has 0 saturated carbocycles. The molecule has 0 aliphatic rings. The zero-order valence-electron chi connectivity index (χ0n) is 12.3. The van der Waals surface area contributed by atoms with E-state index in [1.807, 2.05) is 26.8 Å². The van der Waals surface area contributed by atoms with Crippen LogP contribution in [0.25, 0.3) is 0 Å². The Labute approximate surface area is 122 Å². The Balaban J connectivity index is 2.16. The third kappa shape index (κ3) is 3.71. The average Bonchev–Trinajstić information content (AvgIpc) is 2.76. The van der Waals surface area contributed by atoms with Gasteiger partial charge in [-0.2, -0.15) is 0 Å². The van der Waals surface area contributed by atoms with Crippen LogP contribution < -0.4 is 10.6 Å². The van der Waals surface area contributed by atoms with Gasteiger partial charge in [-0.15, -0.1) is 0 Å². The second-order valence-corrected chi connectivity index (χ2v) is 4.66. The molecule has 0 radical (unpaired) electrons. The van der Waals surface area contributed by atoms with Crippen molar-refractivity contribution in [3.8, 4) is 0 Å². The molecule has 0 unspecified atom stereocenters. The van der Waals surface area contributed by atoms with Crippen molar-refractivity contribution < 1.29 is 9.34 Å². The minimum atomic E-state index is -0.411. The Kier molecular flexibility index (Phi) is 4.42. The topological polar surface area (TPSA) is 93.2 Å². The minimum absolute atomic E-state index is 0.0377. The lowest BCUT2D eigenvalue weighted by Crippen LogP contribution is -2.03. The maximum atomic E-state index is 11.0. The van der Waals surface area contributed by atoms with Crippen LogP contribution in [-0.2, 0) is 6.54 Å². The molecule has 1 aromatic carbocycles. The van der Waals surface area contributed by atoms with Crippen molar-refractivity contribution in [2.75, 3.05) is 17.2 Å². The first-order chi connectivity index (χ1) is 9.99. The summed E-state index contributed by atoms with van der Waals surface area (Å²) in [5, 5.41) is 17.1. The molecule has 7 nitrogen and oxygen atoms in total. The predicted octanol–water partition coefficient (Wildman–Crippen LogP) is 3.24. The van der Waals surface area contributed by atoms with E-state index in [9.17, 15) is 10.1 Å². The Bertz CT molecular complexity index is 632. The van der Waals surface area contributed by atoms with Crippen molar-refractivity contribution in [2.45, 2.75) is 27.3 Å². The maximum absolute atomic E-state index is 11.0. The van der Waals surface area contributed by atoms with Gasteiger partial charge < -0.3 is 15.1 Å². The van der Waals surface area contributed by atoms with Crippen LogP contribution in [0.3, 0.4) is 0 Å². The summed E-state index contributed by atoms with van der Waals surface area (Å²) < 4.78 is 5.47. The Morgan fingerprint density at radius 3 is 2.43 bits per heavy atom. The fraction of sp³-hybridized carbons (Fsp3) is 0.357. The Morgan fingerprint density at radius 1 is 1.24 bits per heavy atom. The van der Waals surface area contributed by atoms with Crippen LogP contribution in [0.1, 0.15) is 24.3 Å². The second kappa shape index (κ2) is 6.25. The molecule has 0 spiro atoms. The van der Waals surface area contributed by atoms with Crippen LogP contribution in [0.5, 0.6) is 0 Å². The molecule has 0 aliphatic carbocycles. The number of non-ortho nitro benzene ring substituents is 1. The summed E-state index contributed by atoms with van der Waals surface area (Å²) in [5.41, 5.74) is 2.23.